The SMILES string of the molecule is CC1(C)C(/C(C=O)=C/NNc2ccc([N+](=O)[O-])cc2)=Nc2ccc(Cl)cc21. The van der Waals surface area contributed by atoms with E-state index in [1.165, 1.54) is 18.3 Å². The van der Waals surface area contributed by atoms with Crippen LogP contribution in [0.2, 0.25) is 5.02 Å². The average Bonchev–Trinajstić information content (AvgIpc) is 2.90. The van der Waals surface area contributed by atoms with Crippen LogP contribution in [0.15, 0.2) is 59.2 Å². The van der Waals surface area contributed by atoms with Crippen molar-refractivity contribution in [3.8, 4) is 0 Å². The van der Waals surface area contributed by atoms with Gasteiger partial charge in [0.2, 0.25) is 0 Å². The molecule has 138 valence electrons. The Morgan fingerprint density at radius 1 is 1.22 bits per heavy atom. The van der Waals surface area contributed by atoms with Gasteiger partial charge in [0.15, 0.2) is 6.29 Å². The molecule has 27 heavy (non-hydrogen) atoms. The first-order chi connectivity index (χ1) is 12.8. The lowest BCUT2D eigenvalue weighted by molar-refractivity contribution is -0.384. The number of carbonyl (C=O) groups excluding carboxylic acids is 1. The summed E-state index contributed by atoms with van der Waals surface area (Å²) < 4.78 is 0. The molecule has 2 N–H and O–H groups in total. The number of benzene rings is 2. The number of hydrogen-bond acceptors (Lipinski definition) is 6. The van der Waals surface area contributed by atoms with Crippen LogP contribution >= 0.6 is 11.6 Å². The summed E-state index contributed by atoms with van der Waals surface area (Å²) in [6.45, 7) is 3.96. The number of aliphatic imine (C=N–C) groups is 1. The minimum absolute atomic E-state index is 0.00292. The summed E-state index contributed by atoms with van der Waals surface area (Å²) in [5, 5.41) is 11.3. The Labute approximate surface area is 160 Å². The fourth-order valence-electron chi connectivity index (χ4n) is 2.94. The molecule has 0 spiro atoms. The fourth-order valence-corrected chi connectivity index (χ4v) is 3.11. The van der Waals surface area contributed by atoms with Gasteiger partial charge in [0, 0.05) is 28.8 Å². The molecule has 0 saturated heterocycles. The number of nitro benzene ring substituents is 1. The van der Waals surface area contributed by atoms with Crippen LogP contribution in [0.5, 0.6) is 0 Å². The predicted octanol–water partition coefficient (Wildman–Crippen LogP) is 4.31. The lowest BCUT2D eigenvalue weighted by Gasteiger charge is -2.22. The number of halogens is 1. The van der Waals surface area contributed by atoms with E-state index in [2.05, 4.69) is 15.8 Å². The summed E-state index contributed by atoms with van der Waals surface area (Å²) in [5.74, 6) is 0. The Bertz CT molecular complexity index is 965. The summed E-state index contributed by atoms with van der Waals surface area (Å²) in [6, 6.07) is 11.4. The van der Waals surface area contributed by atoms with Crippen LogP contribution < -0.4 is 10.9 Å². The highest BCUT2D eigenvalue weighted by atomic mass is 35.5. The van der Waals surface area contributed by atoms with Gasteiger partial charge >= 0.3 is 0 Å². The minimum Gasteiger partial charge on any atom is -0.307 e. The van der Waals surface area contributed by atoms with Crippen LogP contribution in [0.1, 0.15) is 19.4 Å². The average molecular weight is 385 g/mol. The molecule has 0 aromatic heterocycles. The maximum absolute atomic E-state index is 11.6. The lowest BCUT2D eigenvalue weighted by atomic mass is 9.79. The molecule has 0 fully saturated rings. The number of rotatable bonds is 6. The second-order valence-corrected chi connectivity index (χ2v) is 6.97. The maximum Gasteiger partial charge on any atom is 0.269 e. The zero-order valence-electron chi connectivity index (χ0n) is 14.7. The van der Waals surface area contributed by atoms with E-state index in [1.807, 2.05) is 26.0 Å². The van der Waals surface area contributed by atoms with Crippen molar-refractivity contribution in [2.75, 3.05) is 5.43 Å². The highest BCUT2D eigenvalue weighted by Crippen LogP contribution is 2.42. The van der Waals surface area contributed by atoms with Crippen molar-refractivity contribution in [2.45, 2.75) is 19.3 Å². The first-order valence-corrected chi connectivity index (χ1v) is 8.51. The molecule has 0 saturated carbocycles. The molecule has 2 aromatic carbocycles. The van der Waals surface area contributed by atoms with E-state index in [4.69, 9.17) is 11.6 Å². The van der Waals surface area contributed by atoms with Crippen molar-refractivity contribution < 1.29 is 9.72 Å². The Kier molecular flexibility index (Phi) is 4.96. The van der Waals surface area contributed by atoms with E-state index in [0.29, 0.717) is 22.0 Å². The topological polar surface area (TPSA) is 96.6 Å². The van der Waals surface area contributed by atoms with Gasteiger partial charge in [0.05, 0.1) is 27.6 Å². The van der Waals surface area contributed by atoms with Crippen molar-refractivity contribution in [3.05, 3.63) is 74.9 Å². The van der Waals surface area contributed by atoms with Crippen molar-refractivity contribution in [1.29, 1.82) is 0 Å². The van der Waals surface area contributed by atoms with Crippen molar-refractivity contribution in [2.24, 2.45) is 4.99 Å². The Morgan fingerprint density at radius 3 is 2.56 bits per heavy atom. The smallest absolute Gasteiger partial charge is 0.269 e. The van der Waals surface area contributed by atoms with Crippen molar-refractivity contribution >= 4 is 40.7 Å². The molecule has 3 rings (SSSR count). The second kappa shape index (κ2) is 7.20. The van der Waals surface area contributed by atoms with Gasteiger partial charge in [0.1, 0.15) is 0 Å². The number of non-ortho nitro benzene ring substituents is 1. The van der Waals surface area contributed by atoms with Crippen LogP contribution in [0, 0.1) is 10.1 Å². The van der Waals surface area contributed by atoms with Crippen LogP contribution in [0.4, 0.5) is 17.1 Å². The largest absolute Gasteiger partial charge is 0.307 e. The molecule has 8 heteroatoms. The standard InChI is InChI=1S/C19H17ClN4O3/c1-19(2)16-9-13(20)3-8-17(16)22-18(19)12(11-25)10-21-23-14-4-6-15(7-5-14)24(26)27/h3-11,21,23H,1-2H3/b12-10+. The normalized spacial score (nSPS) is 14.9. The van der Waals surface area contributed by atoms with E-state index in [-0.39, 0.29) is 5.69 Å². The third-order valence-corrected chi connectivity index (χ3v) is 4.61. The van der Waals surface area contributed by atoms with E-state index in [0.717, 1.165) is 17.5 Å². The molecule has 1 aliphatic rings. The molecule has 1 aliphatic heterocycles. The third kappa shape index (κ3) is 3.68. The van der Waals surface area contributed by atoms with Crippen LogP contribution in [0.3, 0.4) is 0 Å². The van der Waals surface area contributed by atoms with Gasteiger partial charge in [-0.25, -0.2) is 0 Å². The zero-order chi connectivity index (χ0) is 19.6. The summed E-state index contributed by atoms with van der Waals surface area (Å²) in [6.07, 6.45) is 2.25. The molecule has 0 amide bonds. The van der Waals surface area contributed by atoms with E-state index in [9.17, 15) is 14.9 Å². The van der Waals surface area contributed by atoms with Gasteiger partial charge in [0.25, 0.3) is 5.69 Å². The van der Waals surface area contributed by atoms with Gasteiger partial charge in [-0.3, -0.25) is 19.9 Å². The second-order valence-electron chi connectivity index (χ2n) is 6.54. The van der Waals surface area contributed by atoms with Gasteiger partial charge in [-0.1, -0.05) is 25.4 Å². The predicted molar refractivity (Wildman–Crippen MR) is 106 cm³/mol. The Morgan fingerprint density at radius 2 is 1.93 bits per heavy atom. The summed E-state index contributed by atoms with van der Waals surface area (Å²) >= 11 is 6.09. The molecule has 0 bridgehead atoms. The van der Waals surface area contributed by atoms with Crippen molar-refractivity contribution in [3.63, 3.8) is 0 Å². The summed E-state index contributed by atoms with van der Waals surface area (Å²) in [7, 11) is 0. The number of carbonyl (C=O) groups is 1. The zero-order valence-corrected chi connectivity index (χ0v) is 15.4. The molecule has 0 aliphatic carbocycles. The van der Waals surface area contributed by atoms with Gasteiger partial charge in [-0.05, 0) is 35.9 Å². The number of nitrogens with zero attached hydrogens (tertiary/aromatic N) is 2. The molecule has 0 atom stereocenters. The Balaban J connectivity index is 1.77. The molecule has 7 nitrogen and oxygen atoms in total. The highest BCUT2D eigenvalue weighted by molar-refractivity contribution is 6.31. The first-order valence-electron chi connectivity index (χ1n) is 8.14. The molecule has 0 unspecified atom stereocenters. The van der Waals surface area contributed by atoms with E-state index >= 15 is 0 Å². The minimum atomic E-state index is -0.470. The summed E-state index contributed by atoms with van der Waals surface area (Å²) in [4.78, 5) is 26.4. The number of aldehydes is 1. The molecule has 2 aromatic rings. The number of nitrogens with one attached hydrogen (secondary N) is 2. The number of hydrogen-bond donors (Lipinski definition) is 2. The van der Waals surface area contributed by atoms with Crippen molar-refractivity contribution in [1.82, 2.24) is 5.43 Å². The third-order valence-electron chi connectivity index (χ3n) is 4.38. The monoisotopic (exact) mass is 384 g/mol. The number of hydrazine groups is 1. The van der Waals surface area contributed by atoms with E-state index in [1.54, 1.807) is 18.2 Å². The number of fused-ring (bicyclic) bond motifs is 1. The van der Waals surface area contributed by atoms with Gasteiger partial charge in [-0.2, -0.15) is 0 Å². The number of anilines is 1. The molecule has 1 heterocycles. The Hall–Kier alpha value is -3.19. The van der Waals surface area contributed by atoms with Gasteiger partial charge < -0.3 is 10.9 Å². The molecule has 0 radical (unpaired) electrons. The first kappa shape index (κ1) is 18.6. The maximum atomic E-state index is 11.6. The highest BCUT2D eigenvalue weighted by Gasteiger charge is 2.36. The van der Waals surface area contributed by atoms with Crippen LogP contribution in [0.25, 0.3) is 0 Å². The fraction of sp³-hybridized carbons (Fsp3) is 0.158. The quantitative estimate of drug-likeness (QED) is 0.335. The number of nitro groups is 1. The molecular weight excluding hydrogens is 368 g/mol. The van der Waals surface area contributed by atoms with Crippen LogP contribution in [-0.2, 0) is 10.2 Å². The summed E-state index contributed by atoms with van der Waals surface area (Å²) in [5.41, 5.74) is 8.62. The molecular formula is C19H17ClN4O3. The van der Waals surface area contributed by atoms with Gasteiger partial charge in [-0.15, -0.1) is 0 Å². The van der Waals surface area contributed by atoms with Crippen LogP contribution in [-0.4, -0.2) is 16.9 Å². The lowest BCUT2D eigenvalue weighted by Crippen LogP contribution is -2.29. The number of allylic oxidation sites excluding steroid dienone is 1. The van der Waals surface area contributed by atoms with E-state index < -0.39 is 10.3 Å².